The standard InChI is InChI=1S/C12H19N3/c1-15-7-3-5-10(8-13)12(15)11-4-2-6-14-9-11/h2,4,6,9-10,12H,3,5,7-8,13H2,1H3. The summed E-state index contributed by atoms with van der Waals surface area (Å²) in [5, 5.41) is 0. The van der Waals surface area contributed by atoms with Crippen LogP contribution in [0.3, 0.4) is 0 Å². The van der Waals surface area contributed by atoms with Gasteiger partial charge in [0.2, 0.25) is 0 Å². The van der Waals surface area contributed by atoms with Crippen LogP contribution >= 0.6 is 0 Å². The fourth-order valence-electron chi connectivity index (χ4n) is 2.58. The monoisotopic (exact) mass is 205 g/mol. The lowest BCUT2D eigenvalue weighted by Gasteiger charge is -2.38. The van der Waals surface area contributed by atoms with E-state index in [0.29, 0.717) is 12.0 Å². The minimum absolute atomic E-state index is 0.456. The summed E-state index contributed by atoms with van der Waals surface area (Å²) in [6, 6.07) is 4.62. The Bertz CT molecular complexity index is 299. The predicted octanol–water partition coefficient (Wildman–Crippen LogP) is 1.42. The average molecular weight is 205 g/mol. The number of likely N-dealkylation sites (tertiary alicyclic amines) is 1. The maximum atomic E-state index is 5.85. The van der Waals surface area contributed by atoms with Gasteiger partial charge >= 0.3 is 0 Å². The van der Waals surface area contributed by atoms with Gasteiger partial charge in [-0.2, -0.15) is 0 Å². The highest BCUT2D eigenvalue weighted by Gasteiger charge is 2.29. The second-order valence-corrected chi connectivity index (χ2v) is 4.35. The lowest BCUT2D eigenvalue weighted by molar-refractivity contribution is 0.125. The van der Waals surface area contributed by atoms with Gasteiger partial charge in [0.05, 0.1) is 0 Å². The van der Waals surface area contributed by atoms with E-state index in [1.54, 1.807) is 0 Å². The Balaban J connectivity index is 2.23. The Morgan fingerprint density at radius 3 is 3.13 bits per heavy atom. The van der Waals surface area contributed by atoms with Crippen LogP contribution in [0.1, 0.15) is 24.4 Å². The highest BCUT2D eigenvalue weighted by atomic mass is 15.1. The first kappa shape index (κ1) is 10.6. The van der Waals surface area contributed by atoms with Gasteiger partial charge in [-0.25, -0.2) is 0 Å². The fourth-order valence-corrected chi connectivity index (χ4v) is 2.58. The molecule has 0 aromatic carbocycles. The Morgan fingerprint density at radius 2 is 2.47 bits per heavy atom. The van der Waals surface area contributed by atoms with E-state index < -0.39 is 0 Å². The molecule has 2 rings (SSSR count). The van der Waals surface area contributed by atoms with E-state index in [2.05, 4.69) is 23.0 Å². The van der Waals surface area contributed by atoms with Crippen molar-refractivity contribution < 1.29 is 0 Å². The van der Waals surface area contributed by atoms with Crippen molar-refractivity contribution in [3.63, 3.8) is 0 Å². The molecule has 1 aromatic rings. The number of rotatable bonds is 2. The van der Waals surface area contributed by atoms with Gasteiger partial charge in [0, 0.05) is 18.4 Å². The van der Waals surface area contributed by atoms with Gasteiger partial charge in [-0.1, -0.05) is 6.07 Å². The molecule has 1 aliphatic heterocycles. The summed E-state index contributed by atoms with van der Waals surface area (Å²) in [5.74, 6) is 0.577. The molecule has 1 fully saturated rings. The highest BCUT2D eigenvalue weighted by Crippen LogP contribution is 2.33. The van der Waals surface area contributed by atoms with Crippen LogP contribution in [-0.2, 0) is 0 Å². The van der Waals surface area contributed by atoms with Crippen LogP contribution in [0.2, 0.25) is 0 Å². The first-order valence-corrected chi connectivity index (χ1v) is 5.63. The molecule has 2 N–H and O–H groups in total. The molecule has 15 heavy (non-hydrogen) atoms. The number of nitrogens with two attached hydrogens (primary N) is 1. The topological polar surface area (TPSA) is 42.1 Å². The number of piperidine rings is 1. The summed E-state index contributed by atoms with van der Waals surface area (Å²) in [7, 11) is 2.18. The summed E-state index contributed by atoms with van der Waals surface area (Å²) in [6.07, 6.45) is 6.29. The fraction of sp³-hybridized carbons (Fsp3) is 0.583. The van der Waals surface area contributed by atoms with Crippen LogP contribution in [0, 0.1) is 5.92 Å². The lowest BCUT2D eigenvalue weighted by Crippen LogP contribution is -2.39. The number of aromatic nitrogens is 1. The third-order valence-corrected chi connectivity index (χ3v) is 3.34. The highest BCUT2D eigenvalue weighted by molar-refractivity contribution is 5.16. The predicted molar refractivity (Wildman–Crippen MR) is 61.4 cm³/mol. The molecule has 3 nitrogen and oxygen atoms in total. The molecule has 82 valence electrons. The molecule has 2 atom stereocenters. The SMILES string of the molecule is CN1CCCC(CN)C1c1cccnc1. The molecule has 0 radical (unpaired) electrons. The molecule has 1 aromatic heterocycles. The number of hydrogen-bond acceptors (Lipinski definition) is 3. The van der Waals surface area contributed by atoms with Gasteiger partial charge in [0.1, 0.15) is 0 Å². The molecular formula is C12H19N3. The maximum Gasteiger partial charge on any atom is 0.0400 e. The van der Waals surface area contributed by atoms with E-state index in [-0.39, 0.29) is 0 Å². The van der Waals surface area contributed by atoms with Gasteiger partial charge in [-0.15, -0.1) is 0 Å². The Labute approximate surface area is 91.3 Å². The van der Waals surface area contributed by atoms with Gasteiger partial charge in [0.25, 0.3) is 0 Å². The third-order valence-electron chi connectivity index (χ3n) is 3.34. The normalized spacial score (nSPS) is 27.9. The van der Waals surface area contributed by atoms with Crippen LogP contribution in [0.5, 0.6) is 0 Å². The summed E-state index contributed by atoms with van der Waals surface area (Å²) in [5.41, 5.74) is 7.15. The molecule has 0 saturated carbocycles. The van der Waals surface area contributed by atoms with Crippen molar-refractivity contribution in [2.45, 2.75) is 18.9 Å². The number of hydrogen-bond donors (Lipinski definition) is 1. The quantitative estimate of drug-likeness (QED) is 0.794. The smallest absolute Gasteiger partial charge is 0.0400 e. The zero-order chi connectivity index (χ0) is 10.7. The molecule has 1 aliphatic rings. The lowest BCUT2D eigenvalue weighted by atomic mass is 9.86. The number of pyridine rings is 1. The zero-order valence-electron chi connectivity index (χ0n) is 9.26. The summed E-state index contributed by atoms with van der Waals surface area (Å²) in [4.78, 5) is 6.60. The van der Waals surface area contributed by atoms with Gasteiger partial charge in [0.15, 0.2) is 0 Å². The van der Waals surface area contributed by atoms with Crippen molar-refractivity contribution in [2.75, 3.05) is 20.1 Å². The van der Waals surface area contributed by atoms with E-state index in [4.69, 9.17) is 5.73 Å². The second-order valence-electron chi connectivity index (χ2n) is 4.35. The summed E-state index contributed by atoms with van der Waals surface area (Å²) < 4.78 is 0. The zero-order valence-corrected chi connectivity index (χ0v) is 9.26. The van der Waals surface area contributed by atoms with Crippen molar-refractivity contribution in [3.8, 4) is 0 Å². The molecule has 2 unspecified atom stereocenters. The summed E-state index contributed by atoms with van der Waals surface area (Å²) in [6.45, 7) is 1.93. The third kappa shape index (κ3) is 2.19. The largest absolute Gasteiger partial charge is 0.330 e. The van der Waals surface area contributed by atoms with Crippen LogP contribution in [0.15, 0.2) is 24.5 Å². The minimum atomic E-state index is 0.456. The molecule has 0 aliphatic carbocycles. The Morgan fingerprint density at radius 1 is 1.60 bits per heavy atom. The molecular weight excluding hydrogens is 186 g/mol. The van der Waals surface area contributed by atoms with Gasteiger partial charge < -0.3 is 5.73 Å². The number of nitrogens with zero attached hydrogens (tertiary/aromatic N) is 2. The molecule has 0 spiro atoms. The molecule has 2 heterocycles. The van der Waals surface area contributed by atoms with Gasteiger partial charge in [-0.3, -0.25) is 9.88 Å². The van der Waals surface area contributed by atoms with E-state index in [1.165, 1.54) is 18.4 Å². The van der Waals surface area contributed by atoms with E-state index in [1.807, 2.05) is 18.5 Å². The van der Waals surface area contributed by atoms with Crippen molar-refractivity contribution in [1.82, 2.24) is 9.88 Å². The minimum Gasteiger partial charge on any atom is -0.330 e. The van der Waals surface area contributed by atoms with E-state index in [9.17, 15) is 0 Å². The molecule has 0 amide bonds. The first-order chi connectivity index (χ1) is 7.33. The summed E-state index contributed by atoms with van der Waals surface area (Å²) >= 11 is 0. The van der Waals surface area contributed by atoms with Crippen molar-refractivity contribution in [3.05, 3.63) is 30.1 Å². The Hall–Kier alpha value is -0.930. The Kier molecular flexibility index (Phi) is 3.34. The van der Waals surface area contributed by atoms with Crippen LogP contribution in [0.4, 0.5) is 0 Å². The van der Waals surface area contributed by atoms with Crippen molar-refractivity contribution in [1.29, 1.82) is 0 Å². The van der Waals surface area contributed by atoms with Gasteiger partial charge in [-0.05, 0) is 50.5 Å². The van der Waals surface area contributed by atoms with Crippen LogP contribution in [-0.4, -0.2) is 30.0 Å². The second kappa shape index (κ2) is 4.73. The van der Waals surface area contributed by atoms with E-state index in [0.717, 1.165) is 13.1 Å². The average Bonchev–Trinajstić information content (AvgIpc) is 2.29. The van der Waals surface area contributed by atoms with Crippen LogP contribution in [0.25, 0.3) is 0 Å². The van der Waals surface area contributed by atoms with Crippen molar-refractivity contribution >= 4 is 0 Å². The van der Waals surface area contributed by atoms with Crippen LogP contribution < -0.4 is 5.73 Å². The molecule has 0 bridgehead atoms. The maximum absolute atomic E-state index is 5.85. The molecule has 1 saturated heterocycles. The van der Waals surface area contributed by atoms with E-state index >= 15 is 0 Å². The first-order valence-electron chi connectivity index (χ1n) is 5.63. The van der Waals surface area contributed by atoms with Crippen molar-refractivity contribution in [2.24, 2.45) is 11.7 Å². The molecule has 3 heteroatoms.